The van der Waals surface area contributed by atoms with Gasteiger partial charge in [0.2, 0.25) is 0 Å². The summed E-state index contributed by atoms with van der Waals surface area (Å²) in [6.45, 7) is 5.48. The number of hydrogen-bond acceptors (Lipinski definition) is 6. The van der Waals surface area contributed by atoms with Crippen LogP contribution in [0.1, 0.15) is 17.0 Å². The molecule has 0 saturated carbocycles. The van der Waals surface area contributed by atoms with E-state index in [0.29, 0.717) is 24.7 Å². The first kappa shape index (κ1) is 20.5. The standard InChI is InChI=1S/C22H24N2O5/c1-15-10-17(16(2)24(15)8-9-26-3)11-18(12-23)22(25)28-14-19-13-27-20-6-4-5-7-21(20)29-19/h4-7,10-11,19H,8-9,13-14H2,1-3H3/b18-11+. The summed E-state index contributed by atoms with van der Waals surface area (Å²) in [6, 6.07) is 11.2. The number of carbonyl (C=O) groups excluding carboxylic acids is 1. The molecule has 1 aliphatic heterocycles. The Morgan fingerprint density at radius 3 is 2.83 bits per heavy atom. The van der Waals surface area contributed by atoms with Crippen LogP contribution in [0.15, 0.2) is 35.9 Å². The lowest BCUT2D eigenvalue weighted by Crippen LogP contribution is -2.34. The number of fused-ring (bicyclic) bond motifs is 1. The molecule has 3 rings (SSSR count). The van der Waals surface area contributed by atoms with Crippen LogP contribution in [0.3, 0.4) is 0 Å². The number of nitriles is 1. The monoisotopic (exact) mass is 396 g/mol. The Balaban J connectivity index is 1.65. The van der Waals surface area contributed by atoms with E-state index in [9.17, 15) is 10.1 Å². The molecule has 1 aromatic carbocycles. The average Bonchev–Trinajstić information content (AvgIpc) is 3.00. The predicted molar refractivity (Wildman–Crippen MR) is 107 cm³/mol. The molecule has 1 aromatic heterocycles. The van der Waals surface area contributed by atoms with Gasteiger partial charge in [0, 0.05) is 25.0 Å². The van der Waals surface area contributed by atoms with Crippen LogP contribution in [0.4, 0.5) is 0 Å². The van der Waals surface area contributed by atoms with E-state index in [-0.39, 0.29) is 18.8 Å². The van der Waals surface area contributed by atoms with Crippen molar-refractivity contribution >= 4 is 12.0 Å². The maximum absolute atomic E-state index is 12.4. The molecule has 2 aromatic rings. The molecule has 0 N–H and O–H groups in total. The van der Waals surface area contributed by atoms with Gasteiger partial charge in [-0.05, 0) is 43.7 Å². The van der Waals surface area contributed by atoms with Gasteiger partial charge in [-0.2, -0.15) is 5.26 Å². The summed E-state index contributed by atoms with van der Waals surface area (Å²) < 4.78 is 23.9. The van der Waals surface area contributed by atoms with Crippen LogP contribution >= 0.6 is 0 Å². The van der Waals surface area contributed by atoms with E-state index < -0.39 is 12.1 Å². The van der Waals surface area contributed by atoms with E-state index in [1.165, 1.54) is 0 Å². The Bertz CT molecular complexity index is 955. The highest BCUT2D eigenvalue weighted by Crippen LogP contribution is 2.31. The van der Waals surface area contributed by atoms with Gasteiger partial charge in [0.15, 0.2) is 17.6 Å². The SMILES string of the molecule is COCCn1c(C)cc(/C=C(\C#N)C(=O)OCC2COc3ccccc3O2)c1C. The Hall–Kier alpha value is -3.24. The number of aryl methyl sites for hydroxylation is 1. The second-order valence-electron chi connectivity index (χ2n) is 6.74. The minimum absolute atomic E-state index is 0.000944. The number of rotatable bonds is 7. The lowest BCUT2D eigenvalue weighted by atomic mass is 10.1. The highest BCUT2D eigenvalue weighted by atomic mass is 16.6. The molecular formula is C22H24N2O5. The molecule has 29 heavy (non-hydrogen) atoms. The van der Waals surface area contributed by atoms with Gasteiger partial charge in [0.05, 0.1) is 6.61 Å². The van der Waals surface area contributed by atoms with E-state index in [2.05, 4.69) is 4.57 Å². The van der Waals surface area contributed by atoms with E-state index in [1.807, 2.05) is 44.2 Å². The van der Waals surface area contributed by atoms with E-state index in [4.69, 9.17) is 18.9 Å². The Labute approximate surface area is 170 Å². The lowest BCUT2D eigenvalue weighted by molar-refractivity contribution is -0.141. The van der Waals surface area contributed by atoms with E-state index >= 15 is 0 Å². The van der Waals surface area contributed by atoms with Gasteiger partial charge in [-0.15, -0.1) is 0 Å². The van der Waals surface area contributed by atoms with Crippen molar-refractivity contribution in [2.75, 3.05) is 26.9 Å². The van der Waals surface area contributed by atoms with Gasteiger partial charge >= 0.3 is 5.97 Å². The lowest BCUT2D eigenvalue weighted by Gasteiger charge is -2.25. The summed E-state index contributed by atoms with van der Waals surface area (Å²) in [7, 11) is 1.65. The van der Waals surface area contributed by atoms with Gasteiger partial charge in [-0.25, -0.2) is 4.79 Å². The third-order valence-electron chi connectivity index (χ3n) is 4.74. The topological polar surface area (TPSA) is 82.7 Å². The summed E-state index contributed by atoms with van der Waals surface area (Å²) in [6.07, 6.45) is 1.13. The summed E-state index contributed by atoms with van der Waals surface area (Å²) in [4.78, 5) is 12.4. The van der Waals surface area contributed by atoms with Crippen LogP contribution in [0, 0.1) is 25.2 Å². The number of aromatic nitrogens is 1. The number of esters is 1. The number of hydrogen-bond donors (Lipinski definition) is 0. The maximum atomic E-state index is 12.4. The zero-order valence-corrected chi connectivity index (χ0v) is 16.8. The van der Waals surface area contributed by atoms with Crippen molar-refractivity contribution in [2.45, 2.75) is 26.5 Å². The third kappa shape index (κ3) is 4.79. The van der Waals surface area contributed by atoms with Crippen LogP contribution in [-0.4, -0.2) is 43.6 Å². The molecule has 7 heteroatoms. The molecule has 0 radical (unpaired) electrons. The highest BCUT2D eigenvalue weighted by molar-refractivity contribution is 5.98. The van der Waals surface area contributed by atoms with E-state index in [1.54, 1.807) is 19.3 Å². The predicted octanol–water partition coefficient (Wildman–Crippen LogP) is 3.04. The van der Waals surface area contributed by atoms with Crippen molar-refractivity contribution in [3.63, 3.8) is 0 Å². The summed E-state index contributed by atoms with van der Waals surface area (Å²) in [5, 5.41) is 9.43. The van der Waals surface area contributed by atoms with Crippen molar-refractivity contribution < 1.29 is 23.7 Å². The van der Waals surface area contributed by atoms with Crippen LogP contribution in [0.5, 0.6) is 11.5 Å². The molecule has 1 unspecified atom stereocenters. The minimum Gasteiger partial charge on any atom is -0.486 e. The fraction of sp³-hybridized carbons (Fsp3) is 0.364. The van der Waals surface area contributed by atoms with Gasteiger partial charge in [-0.1, -0.05) is 12.1 Å². The molecule has 1 aliphatic rings. The average molecular weight is 396 g/mol. The molecule has 2 heterocycles. The van der Waals surface area contributed by atoms with Crippen LogP contribution in [0.25, 0.3) is 6.08 Å². The van der Waals surface area contributed by atoms with Crippen molar-refractivity contribution in [2.24, 2.45) is 0 Å². The molecule has 0 aliphatic carbocycles. The zero-order chi connectivity index (χ0) is 20.8. The number of carbonyl (C=O) groups is 1. The Morgan fingerprint density at radius 2 is 2.10 bits per heavy atom. The zero-order valence-electron chi connectivity index (χ0n) is 16.8. The second-order valence-corrected chi connectivity index (χ2v) is 6.74. The minimum atomic E-state index is -0.684. The van der Waals surface area contributed by atoms with Crippen molar-refractivity contribution in [3.05, 3.63) is 52.9 Å². The van der Waals surface area contributed by atoms with Gasteiger partial charge in [0.1, 0.15) is 24.9 Å². The molecule has 0 spiro atoms. The number of benzene rings is 1. The summed E-state index contributed by atoms with van der Waals surface area (Å²) in [5.41, 5.74) is 2.73. The maximum Gasteiger partial charge on any atom is 0.349 e. The molecule has 0 saturated heterocycles. The molecule has 1 atom stereocenters. The fourth-order valence-electron chi connectivity index (χ4n) is 3.18. The van der Waals surface area contributed by atoms with E-state index in [0.717, 1.165) is 17.0 Å². The van der Waals surface area contributed by atoms with Gasteiger partial charge < -0.3 is 23.5 Å². The van der Waals surface area contributed by atoms with Crippen LogP contribution in [0.2, 0.25) is 0 Å². The first-order valence-electron chi connectivity index (χ1n) is 9.36. The third-order valence-corrected chi connectivity index (χ3v) is 4.74. The largest absolute Gasteiger partial charge is 0.486 e. The van der Waals surface area contributed by atoms with Gasteiger partial charge in [-0.3, -0.25) is 0 Å². The first-order valence-corrected chi connectivity index (χ1v) is 9.36. The van der Waals surface area contributed by atoms with Crippen molar-refractivity contribution in [1.29, 1.82) is 5.26 Å². The number of para-hydroxylation sites is 2. The molecule has 152 valence electrons. The summed E-state index contributed by atoms with van der Waals surface area (Å²) >= 11 is 0. The Morgan fingerprint density at radius 1 is 1.34 bits per heavy atom. The quantitative estimate of drug-likeness (QED) is 0.406. The molecule has 0 fully saturated rings. The molecular weight excluding hydrogens is 372 g/mol. The summed E-state index contributed by atoms with van der Waals surface area (Å²) in [5.74, 6) is 0.590. The molecule has 0 amide bonds. The number of nitrogens with zero attached hydrogens (tertiary/aromatic N) is 2. The number of methoxy groups -OCH3 is 1. The number of ether oxygens (including phenoxy) is 4. The Kier molecular flexibility index (Phi) is 6.57. The smallest absolute Gasteiger partial charge is 0.349 e. The first-order chi connectivity index (χ1) is 14.0. The van der Waals surface area contributed by atoms with Crippen LogP contribution < -0.4 is 9.47 Å². The van der Waals surface area contributed by atoms with Gasteiger partial charge in [0.25, 0.3) is 0 Å². The molecule has 0 bridgehead atoms. The van der Waals surface area contributed by atoms with Crippen molar-refractivity contribution in [1.82, 2.24) is 4.57 Å². The molecule has 7 nitrogen and oxygen atoms in total. The second kappa shape index (κ2) is 9.30. The highest BCUT2D eigenvalue weighted by Gasteiger charge is 2.23. The normalized spacial score (nSPS) is 15.7. The fourth-order valence-corrected chi connectivity index (χ4v) is 3.18. The van der Waals surface area contributed by atoms with Crippen LogP contribution in [-0.2, 0) is 20.8 Å². The van der Waals surface area contributed by atoms with Crippen molar-refractivity contribution in [3.8, 4) is 17.6 Å².